The maximum Gasteiger partial charge on any atom is 0.348 e. The standard InChI is InChI=1S/C17H15NO3/c1-20-9-10-21-17(19)15(12-18)11-14-7-4-6-13-5-2-3-8-16(13)14/h2-8,11H,9-10H2,1H3/b15-11+. The minimum absolute atomic E-state index is 0.0255. The van der Waals surface area contributed by atoms with Crippen molar-refractivity contribution in [1.82, 2.24) is 0 Å². The molecule has 21 heavy (non-hydrogen) atoms. The van der Waals surface area contributed by atoms with E-state index >= 15 is 0 Å². The van der Waals surface area contributed by atoms with E-state index in [1.807, 2.05) is 48.5 Å². The molecule has 0 heterocycles. The Morgan fingerprint density at radius 1 is 1.19 bits per heavy atom. The van der Waals surface area contributed by atoms with Crippen molar-refractivity contribution >= 4 is 22.8 Å². The van der Waals surface area contributed by atoms with Crippen LogP contribution in [0.4, 0.5) is 0 Å². The quantitative estimate of drug-likeness (QED) is 0.366. The molecule has 106 valence electrons. The van der Waals surface area contributed by atoms with Gasteiger partial charge in [-0.1, -0.05) is 42.5 Å². The number of fused-ring (bicyclic) bond motifs is 1. The first-order valence-electron chi connectivity index (χ1n) is 6.52. The summed E-state index contributed by atoms with van der Waals surface area (Å²) in [5, 5.41) is 11.2. The fourth-order valence-electron chi connectivity index (χ4n) is 1.96. The van der Waals surface area contributed by atoms with Crippen LogP contribution in [0.25, 0.3) is 16.8 Å². The van der Waals surface area contributed by atoms with E-state index in [0.717, 1.165) is 16.3 Å². The molecule has 0 spiro atoms. The first kappa shape index (κ1) is 14.8. The molecule has 4 nitrogen and oxygen atoms in total. The van der Waals surface area contributed by atoms with Crippen molar-refractivity contribution in [2.24, 2.45) is 0 Å². The van der Waals surface area contributed by atoms with Gasteiger partial charge in [-0.2, -0.15) is 5.26 Å². The van der Waals surface area contributed by atoms with Crippen molar-refractivity contribution in [2.45, 2.75) is 0 Å². The fourth-order valence-corrected chi connectivity index (χ4v) is 1.96. The summed E-state index contributed by atoms with van der Waals surface area (Å²) in [6.07, 6.45) is 1.55. The van der Waals surface area contributed by atoms with E-state index in [1.54, 1.807) is 6.08 Å². The topological polar surface area (TPSA) is 59.3 Å². The van der Waals surface area contributed by atoms with Crippen LogP contribution in [0.5, 0.6) is 0 Å². The Hall–Kier alpha value is -2.64. The number of benzene rings is 2. The lowest BCUT2D eigenvalue weighted by molar-refractivity contribution is -0.139. The zero-order valence-corrected chi connectivity index (χ0v) is 11.7. The number of ether oxygens (including phenoxy) is 2. The van der Waals surface area contributed by atoms with Crippen molar-refractivity contribution < 1.29 is 14.3 Å². The minimum atomic E-state index is -0.637. The van der Waals surface area contributed by atoms with Gasteiger partial charge in [-0.3, -0.25) is 0 Å². The monoisotopic (exact) mass is 281 g/mol. The molecule has 0 bridgehead atoms. The molecule has 0 aliphatic rings. The summed E-state index contributed by atoms with van der Waals surface area (Å²) in [7, 11) is 1.52. The Kier molecular flexibility index (Phi) is 5.08. The van der Waals surface area contributed by atoms with Crippen molar-refractivity contribution in [3.05, 3.63) is 53.6 Å². The molecule has 0 radical (unpaired) electrons. The van der Waals surface area contributed by atoms with E-state index in [9.17, 15) is 4.79 Å². The highest BCUT2D eigenvalue weighted by atomic mass is 16.6. The third kappa shape index (κ3) is 3.68. The van der Waals surface area contributed by atoms with Crippen LogP contribution >= 0.6 is 0 Å². The Balaban J connectivity index is 2.30. The lowest BCUT2D eigenvalue weighted by atomic mass is 10.0. The summed E-state index contributed by atoms with van der Waals surface area (Å²) >= 11 is 0. The third-order valence-electron chi connectivity index (χ3n) is 2.98. The van der Waals surface area contributed by atoms with E-state index < -0.39 is 5.97 Å². The van der Waals surface area contributed by atoms with Gasteiger partial charge in [0, 0.05) is 7.11 Å². The van der Waals surface area contributed by atoms with E-state index in [1.165, 1.54) is 7.11 Å². The summed E-state index contributed by atoms with van der Waals surface area (Å²) in [4.78, 5) is 11.8. The Morgan fingerprint density at radius 3 is 2.71 bits per heavy atom. The molecule has 0 aliphatic carbocycles. The molecule has 0 amide bonds. The van der Waals surface area contributed by atoms with Crippen molar-refractivity contribution in [1.29, 1.82) is 5.26 Å². The molecule has 0 atom stereocenters. The molecule has 2 aromatic rings. The molecule has 0 unspecified atom stereocenters. The Labute approximate surface area is 123 Å². The van der Waals surface area contributed by atoms with Gasteiger partial charge >= 0.3 is 5.97 Å². The van der Waals surface area contributed by atoms with E-state index in [2.05, 4.69) is 0 Å². The lowest BCUT2D eigenvalue weighted by Crippen LogP contribution is -2.11. The van der Waals surface area contributed by atoms with Crippen LogP contribution in [0, 0.1) is 11.3 Å². The van der Waals surface area contributed by atoms with Crippen molar-refractivity contribution in [2.75, 3.05) is 20.3 Å². The summed E-state index contributed by atoms with van der Waals surface area (Å²) in [6.45, 7) is 0.433. The summed E-state index contributed by atoms with van der Waals surface area (Å²) in [5.74, 6) is -0.637. The normalized spacial score (nSPS) is 11.1. The maximum absolute atomic E-state index is 11.8. The molecule has 0 aliphatic heterocycles. The Morgan fingerprint density at radius 2 is 1.95 bits per heavy atom. The van der Waals surface area contributed by atoms with Gasteiger partial charge in [0.1, 0.15) is 18.2 Å². The summed E-state index contributed by atoms with van der Waals surface area (Å²) < 4.78 is 9.77. The Bertz CT molecular complexity index is 708. The van der Waals surface area contributed by atoms with Gasteiger partial charge in [0.25, 0.3) is 0 Å². The smallest absolute Gasteiger partial charge is 0.348 e. The lowest BCUT2D eigenvalue weighted by Gasteiger charge is -2.04. The number of esters is 1. The van der Waals surface area contributed by atoms with Gasteiger partial charge in [0.05, 0.1) is 6.61 Å². The molecule has 0 fully saturated rings. The molecule has 0 N–H and O–H groups in total. The molecule has 2 aromatic carbocycles. The van der Waals surface area contributed by atoms with Gasteiger partial charge in [0.2, 0.25) is 0 Å². The van der Waals surface area contributed by atoms with Gasteiger partial charge in [-0.05, 0) is 22.4 Å². The number of hydrogen-bond acceptors (Lipinski definition) is 4. The van der Waals surface area contributed by atoms with Crippen LogP contribution in [0.3, 0.4) is 0 Å². The summed E-state index contributed by atoms with van der Waals surface area (Å²) in [6, 6.07) is 15.4. The molecule has 0 saturated heterocycles. The molecule has 4 heteroatoms. The van der Waals surface area contributed by atoms with Gasteiger partial charge in [-0.25, -0.2) is 4.79 Å². The van der Waals surface area contributed by atoms with E-state index in [0.29, 0.717) is 6.61 Å². The van der Waals surface area contributed by atoms with Crippen molar-refractivity contribution in [3.63, 3.8) is 0 Å². The van der Waals surface area contributed by atoms with Crippen LogP contribution in [0.15, 0.2) is 48.0 Å². The van der Waals surface area contributed by atoms with Crippen LogP contribution in [-0.4, -0.2) is 26.3 Å². The molecular weight excluding hydrogens is 266 g/mol. The fraction of sp³-hybridized carbons (Fsp3) is 0.176. The predicted octanol–water partition coefficient (Wildman–Crippen LogP) is 2.94. The molecule has 2 rings (SSSR count). The average Bonchev–Trinajstić information content (AvgIpc) is 2.52. The maximum atomic E-state index is 11.8. The van der Waals surface area contributed by atoms with E-state index in [4.69, 9.17) is 14.7 Å². The second-order valence-corrected chi connectivity index (χ2v) is 4.37. The number of rotatable bonds is 5. The zero-order chi connectivity index (χ0) is 15.1. The highest BCUT2D eigenvalue weighted by molar-refractivity contribution is 6.01. The first-order chi connectivity index (χ1) is 10.3. The van der Waals surface area contributed by atoms with Crippen LogP contribution < -0.4 is 0 Å². The van der Waals surface area contributed by atoms with E-state index in [-0.39, 0.29) is 12.2 Å². The highest BCUT2D eigenvalue weighted by Gasteiger charge is 2.11. The zero-order valence-electron chi connectivity index (χ0n) is 11.7. The number of hydrogen-bond donors (Lipinski definition) is 0. The molecule has 0 aromatic heterocycles. The molecular formula is C17H15NO3. The number of nitriles is 1. The first-order valence-corrected chi connectivity index (χ1v) is 6.52. The predicted molar refractivity (Wildman–Crippen MR) is 80.4 cm³/mol. The van der Waals surface area contributed by atoms with Crippen molar-refractivity contribution in [3.8, 4) is 6.07 Å². The van der Waals surface area contributed by atoms with Gasteiger partial charge in [0.15, 0.2) is 0 Å². The highest BCUT2D eigenvalue weighted by Crippen LogP contribution is 2.21. The second kappa shape index (κ2) is 7.22. The average molecular weight is 281 g/mol. The van der Waals surface area contributed by atoms with Crippen LogP contribution in [-0.2, 0) is 14.3 Å². The van der Waals surface area contributed by atoms with Gasteiger partial charge in [-0.15, -0.1) is 0 Å². The van der Waals surface area contributed by atoms with Gasteiger partial charge < -0.3 is 9.47 Å². The molecule has 0 saturated carbocycles. The largest absolute Gasteiger partial charge is 0.459 e. The van der Waals surface area contributed by atoms with Crippen LogP contribution in [0.2, 0.25) is 0 Å². The number of carbonyl (C=O) groups excluding carboxylic acids is 1. The number of carbonyl (C=O) groups is 1. The number of methoxy groups -OCH3 is 1. The SMILES string of the molecule is COCCOC(=O)/C(C#N)=C/c1cccc2ccccc12. The third-order valence-corrected chi connectivity index (χ3v) is 2.98. The minimum Gasteiger partial charge on any atom is -0.459 e. The number of nitrogens with zero attached hydrogens (tertiary/aromatic N) is 1. The summed E-state index contributed by atoms with van der Waals surface area (Å²) in [5.41, 5.74) is 0.788. The van der Waals surface area contributed by atoms with Crippen LogP contribution in [0.1, 0.15) is 5.56 Å². The second-order valence-electron chi connectivity index (χ2n) is 4.37.